The first-order valence-corrected chi connectivity index (χ1v) is 5.97. The highest BCUT2D eigenvalue weighted by molar-refractivity contribution is 5.78. The Kier molecular flexibility index (Phi) is 3.00. The molecule has 0 N–H and O–H groups in total. The maximum Gasteiger partial charge on any atom is 0.234 e. The van der Waals surface area contributed by atoms with E-state index in [2.05, 4.69) is 5.92 Å². The van der Waals surface area contributed by atoms with Crippen LogP contribution < -0.4 is 0 Å². The molecule has 15 heavy (non-hydrogen) atoms. The Bertz CT molecular complexity index is 273. The van der Waals surface area contributed by atoms with Gasteiger partial charge in [0.2, 0.25) is 5.91 Å². The fourth-order valence-electron chi connectivity index (χ4n) is 3.05. The molecule has 2 heteroatoms. The molecule has 1 heterocycles. The van der Waals surface area contributed by atoms with Gasteiger partial charge in [-0.2, -0.15) is 0 Å². The average molecular weight is 205 g/mol. The monoisotopic (exact) mass is 205 g/mol. The maximum absolute atomic E-state index is 11.6. The van der Waals surface area contributed by atoms with Gasteiger partial charge in [0.15, 0.2) is 0 Å². The molecule has 1 saturated carbocycles. The molecule has 2 fully saturated rings. The largest absolute Gasteiger partial charge is 0.342 e. The molecule has 82 valence electrons. The van der Waals surface area contributed by atoms with Crippen LogP contribution in [0.4, 0.5) is 0 Å². The number of hydrogen-bond acceptors (Lipinski definition) is 1. The van der Waals surface area contributed by atoms with Crippen molar-refractivity contribution in [3.8, 4) is 12.3 Å². The summed E-state index contributed by atoms with van der Waals surface area (Å²) < 4.78 is 0. The molecule has 0 aromatic rings. The molecular weight excluding hydrogens is 186 g/mol. The minimum absolute atomic E-state index is 0.144. The number of carbonyl (C=O) groups is 1. The summed E-state index contributed by atoms with van der Waals surface area (Å²) in [6.07, 6.45) is 13.4. The van der Waals surface area contributed by atoms with E-state index in [-0.39, 0.29) is 12.3 Å². The fraction of sp³-hybridized carbons (Fsp3) is 0.769. The molecular formula is C13H19NO. The van der Waals surface area contributed by atoms with E-state index in [4.69, 9.17) is 6.42 Å². The lowest BCUT2D eigenvalue weighted by molar-refractivity contribution is -0.132. The Morgan fingerprint density at radius 1 is 1.20 bits per heavy atom. The molecule has 1 amide bonds. The minimum Gasteiger partial charge on any atom is -0.342 e. The molecule has 0 unspecified atom stereocenters. The van der Waals surface area contributed by atoms with E-state index in [0.717, 1.165) is 13.1 Å². The molecule has 1 spiro atoms. The number of piperidine rings is 1. The van der Waals surface area contributed by atoms with Crippen molar-refractivity contribution >= 4 is 5.91 Å². The number of likely N-dealkylation sites (tertiary alicyclic amines) is 1. The lowest BCUT2D eigenvalue weighted by atomic mass is 9.77. The van der Waals surface area contributed by atoms with Crippen LogP contribution in [0, 0.1) is 17.8 Å². The van der Waals surface area contributed by atoms with Gasteiger partial charge >= 0.3 is 0 Å². The second-order valence-corrected chi connectivity index (χ2v) is 4.97. The average Bonchev–Trinajstić information content (AvgIpc) is 2.68. The molecule has 1 aliphatic heterocycles. The fourth-order valence-corrected chi connectivity index (χ4v) is 3.05. The van der Waals surface area contributed by atoms with Gasteiger partial charge in [0, 0.05) is 13.1 Å². The van der Waals surface area contributed by atoms with Crippen molar-refractivity contribution in [3.05, 3.63) is 0 Å². The Morgan fingerprint density at radius 2 is 1.80 bits per heavy atom. The zero-order valence-electron chi connectivity index (χ0n) is 9.30. The van der Waals surface area contributed by atoms with Crippen LogP contribution in [-0.2, 0) is 4.79 Å². The number of amides is 1. The van der Waals surface area contributed by atoms with E-state index >= 15 is 0 Å². The van der Waals surface area contributed by atoms with Crippen LogP contribution in [0.2, 0.25) is 0 Å². The van der Waals surface area contributed by atoms with Crippen LogP contribution in [-0.4, -0.2) is 23.9 Å². The molecule has 1 aliphatic carbocycles. The number of hydrogen-bond donors (Lipinski definition) is 0. The van der Waals surface area contributed by atoms with Gasteiger partial charge in [-0.05, 0) is 31.1 Å². The van der Waals surface area contributed by atoms with Crippen molar-refractivity contribution in [2.24, 2.45) is 5.41 Å². The zero-order valence-corrected chi connectivity index (χ0v) is 9.30. The van der Waals surface area contributed by atoms with E-state index in [1.165, 1.54) is 38.5 Å². The number of rotatable bonds is 1. The van der Waals surface area contributed by atoms with Crippen molar-refractivity contribution in [2.75, 3.05) is 13.1 Å². The van der Waals surface area contributed by atoms with Crippen molar-refractivity contribution in [1.29, 1.82) is 0 Å². The van der Waals surface area contributed by atoms with E-state index in [9.17, 15) is 4.79 Å². The summed E-state index contributed by atoms with van der Waals surface area (Å²) in [4.78, 5) is 13.5. The summed E-state index contributed by atoms with van der Waals surface area (Å²) >= 11 is 0. The van der Waals surface area contributed by atoms with Crippen molar-refractivity contribution in [2.45, 2.75) is 44.9 Å². The van der Waals surface area contributed by atoms with Crippen LogP contribution in [0.3, 0.4) is 0 Å². The summed E-state index contributed by atoms with van der Waals surface area (Å²) in [6.45, 7) is 1.86. The molecule has 2 rings (SSSR count). The highest BCUT2D eigenvalue weighted by Gasteiger charge is 2.37. The highest BCUT2D eigenvalue weighted by atomic mass is 16.2. The maximum atomic E-state index is 11.6. The standard InChI is InChI=1S/C13H19NO/c1-2-5-12(15)14-10-8-13(9-11-14)6-3-4-7-13/h1H,3-11H2. The Labute approximate surface area is 92.0 Å². The molecule has 0 aromatic carbocycles. The zero-order chi connectivity index (χ0) is 10.7. The second-order valence-electron chi connectivity index (χ2n) is 4.97. The van der Waals surface area contributed by atoms with Gasteiger partial charge in [0.05, 0.1) is 6.42 Å². The third kappa shape index (κ3) is 2.17. The number of carbonyl (C=O) groups excluding carboxylic acids is 1. The van der Waals surface area contributed by atoms with E-state index in [1.807, 2.05) is 4.90 Å². The van der Waals surface area contributed by atoms with Crippen LogP contribution in [0.25, 0.3) is 0 Å². The first kappa shape index (κ1) is 10.5. The predicted molar refractivity (Wildman–Crippen MR) is 60.2 cm³/mol. The van der Waals surface area contributed by atoms with Gasteiger partial charge in [-0.1, -0.05) is 18.8 Å². The number of terminal acetylenes is 1. The van der Waals surface area contributed by atoms with E-state index in [1.54, 1.807) is 0 Å². The first-order chi connectivity index (χ1) is 7.26. The van der Waals surface area contributed by atoms with Gasteiger partial charge in [-0.3, -0.25) is 4.79 Å². The number of nitrogens with zero attached hydrogens (tertiary/aromatic N) is 1. The quantitative estimate of drug-likeness (QED) is 0.601. The topological polar surface area (TPSA) is 20.3 Å². The van der Waals surface area contributed by atoms with Gasteiger partial charge in [0.25, 0.3) is 0 Å². The SMILES string of the molecule is C#CCC(=O)N1CCC2(CCCC2)CC1. The summed E-state index contributed by atoms with van der Waals surface area (Å²) in [5.41, 5.74) is 0.590. The van der Waals surface area contributed by atoms with Gasteiger partial charge in [-0.15, -0.1) is 6.42 Å². The predicted octanol–water partition coefficient (Wildman–Crippen LogP) is 2.19. The summed E-state index contributed by atoms with van der Waals surface area (Å²) in [5, 5.41) is 0. The van der Waals surface area contributed by atoms with E-state index in [0.29, 0.717) is 5.41 Å². The molecule has 0 radical (unpaired) electrons. The van der Waals surface area contributed by atoms with Gasteiger partial charge in [-0.25, -0.2) is 0 Å². The second kappa shape index (κ2) is 4.26. The third-order valence-electron chi connectivity index (χ3n) is 4.09. The highest BCUT2D eigenvalue weighted by Crippen LogP contribution is 2.46. The normalized spacial score (nSPS) is 24.1. The Hall–Kier alpha value is -0.970. The molecule has 2 nitrogen and oxygen atoms in total. The summed E-state index contributed by atoms with van der Waals surface area (Å²) in [6, 6.07) is 0. The van der Waals surface area contributed by atoms with Gasteiger partial charge < -0.3 is 4.90 Å². The summed E-state index contributed by atoms with van der Waals surface area (Å²) in [5.74, 6) is 2.58. The molecule has 2 aliphatic rings. The molecule has 1 saturated heterocycles. The lowest BCUT2D eigenvalue weighted by Crippen LogP contribution is -2.42. The van der Waals surface area contributed by atoms with Crippen LogP contribution in [0.5, 0.6) is 0 Å². The molecule has 0 atom stereocenters. The lowest BCUT2D eigenvalue weighted by Gasteiger charge is -2.39. The van der Waals surface area contributed by atoms with Crippen molar-refractivity contribution in [1.82, 2.24) is 4.90 Å². The molecule has 0 aromatic heterocycles. The van der Waals surface area contributed by atoms with Crippen LogP contribution in [0.15, 0.2) is 0 Å². The first-order valence-electron chi connectivity index (χ1n) is 5.97. The summed E-state index contributed by atoms with van der Waals surface area (Å²) in [7, 11) is 0. The van der Waals surface area contributed by atoms with Crippen LogP contribution >= 0.6 is 0 Å². The smallest absolute Gasteiger partial charge is 0.234 e. The minimum atomic E-state index is 0.144. The van der Waals surface area contributed by atoms with Crippen molar-refractivity contribution in [3.63, 3.8) is 0 Å². The third-order valence-corrected chi connectivity index (χ3v) is 4.09. The van der Waals surface area contributed by atoms with Crippen molar-refractivity contribution < 1.29 is 4.79 Å². The molecule has 0 bridgehead atoms. The van der Waals surface area contributed by atoms with E-state index < -0.39 is 0 Å². The van der Waals surface area contributed by atoms with Crippen LogP contribution in [0.1, 0.15) is 44.9 Å². The Balaban J connectivity index is 1.86. The Morgan fingerprint density at radius 3 is 2.33 bits per heavy atom. The van der Waals surface area contributed by atoms with Gasteiger partial charge in [0.1, 0.15) is 0 Å².